The van der Waals surface area contributed by atoms with Crippen molar-refractivity contribution in [1.82, 2.24) is 20.2 Å². The number of aromatic nitrogens is 4. The maximum atomic E-state index is 5.91. The predicted octanol–water partition coefficient (Wildman–Crippen LogP) is 4.01. The third-order valence-electron chi connectivity index (χ3n) is 3.12. The van der Waals surface area contributed by atoms with Crippen molar-refractivity contribution in [1.29, 1.82) is 0 Å². The Bertz CT molecular complexity index is 776. The lowest BCUT2D eigenvalue weighted by molar-refractivity contribution is 0.337. The Morgan fingerprint density at radius 1 is 1.13 bits per heavy atom. The van der Waals surface area contributed by atoms with Crippen LogP contribution in [0, 0.1) is 0 Å². The normalized spacial score (nSPS) is 10.7. The molecule has 7 heteroatoms. The van der Waals surface area contributed by atoms with E-state index >= 15 is 0 Å². The van der Waals surface area contributed by atoms with Crippen molar-refractivity contribution in [3.05, 3.63) is 59.1 Å². The second-order valence-corrected chi connectivity index (χ2v) is 6.07. The molecule has 0 aliphatic carbocycles. The highest BCUT2D eigenvalue weighted by Gasteiger charge is 2.13. The van der Waals surface area contributed by atoms with E-state index in [0.29, 0.717) is 11.8 Å². The third-order valence-corrected chi connectivity index (χ3v) is 4.36. The number of thioether (sulfide) groups is 1. The summed E-state index contributed by atoms with van der Waals surface area (Å²) >= 11 is 7.47. The molecular formula is C16H15ClN4OS. The smallest absolute Gasteiger partial charge is 0.214 e. The van der Waals surface area contributed by atoms with Crippen LogP contribution in [-0.4, -0.2) is 26.8 Å². The summed E-state index contributed by atoms with van der Waals surface area (Å²) in [6, 6.07) is 15.5. The summed E-state index contributed by atoms with van der Waals surface area (Å²) in [5.41, 5.74) is 1.99. The lowest BCUT2D eigenvalue weighted by Crippen LogP contribution is -2.03. The van der Waals surface area contributed by atoms with Crippen molar-refractivity contribution < 1.29 is 4.74 Å². The Labute approximate surface area is 143 Å². The van der Waals surface area contributed by atoms with Gasteiger partial charge in [0.05, 0.1) is 6.61 Å². The fourth-order valence-corrected chi connectivity index (χ4v) is 3.02. The molecule has 3 aromatic rings. The first-order valence-corrected chi connectivity index (χ1v) is 8.52. The molecule has 0 fully saturated rings. The van der Waals surface area contributed by atoms with E-state index in [1.165, 1.54) is 0 Å². The molecule has 0 atom stereocenters. The van der Waals surface area contributed by atoms with Crippen molar-refractivity contribution in [2.75, 3.05) is 6.61 Å². The van der Waals surface area contributed by atoms with E-state index in [1.807, 2.05) is 55.5 Å². The van der Waals surface area contributed by atoms with Crippen molar-refractivity contribution in [2.45, 2.75) is 17.8 Å². The minimum atomic E-state index is 0.590. The zero-order valence-corrected chi connectivity index (χ0v) is 14.1. The van der Waals surface area contributed by atoms with E-state index in [4.69, 9.17) is 16.3 Å². The minimum Gasteiger partial charge on any atom is -0.492 e. The van der Waals surface area contributed by atoms with Gasteiger partial charge in [-0.3, -0.25) is 0 Å². The van der Waals surface area contributed by atoms with E-state index in [0.717, 1.165) is 27.8 Å². The van der Waals surface area contributed by atoms with Gasteiger partial charge < -0.3 is 4.74 Å². The third kappa shape index (κ3) is 3.83. The van der Waals surface area contributed by atoms with Gasteiger partial charge in [-0.15, -0.1) is 5.10 Å². The first-order chi connectivity index (χ1) is 11.3. The molecule has 1 heterocycles. The second-order valence-electron chi connectivity index (χ2n) is 4.69. The zero-order chi connectivity index (χ0) is 16.1. The summed E-state index contributed by atoms with van der Waals surface area (Å²) in [7, 11) is 0. The molecule has 0 spiro atoms. The van der Waals surface area contributed by atoms with Crippen LogP contribution in [0.4, 0.5) is 0 Å². The van der Waals surface area contributed by atoms with E-state index < -0.39 is 0 Å². The van der Waals surface area contributed by atoms with Crippen molar-refractivity contribution in [3.63, 3.8) is 0 Å². The van der Waals surface area contributed by atoms with E-state index in [-0.39, 0.29) is 0 Å². The molecule has 0 aliphatic rings. The molecule has 0 bridgehead atoms. The Morgan fingerprint density at radius 3 is 2.70 bits per heavy atom. The largest absolute Gasteiger partial charge is 0.492 e. The number of para-hydroxylation sites is 2. The Hall–Kier alpha value is -2.05. The standard InChI is InChI=1S/C16H15ClN4OS/c1-2-22-15-6-4-3-5-14(15)21-16(18-19-20-21)23-11-12-7-9-13(17)10-8-12/h3-10H,2,11H2,1H3. The molecule has 0 radical (unpaired) electrons. The van der Waals surface area contributed by atoms with Gasteiger partial charge in [-0.25, -0.2) is 0 Å². The van der Waals surface area contributed by atoms with Gasteiger partial charge in [0.15, 0.2) is 0 Å². The van der Waals surface area contributed by atoms with Gasteiger partial charge in [0.25, 0.3) is 0 Å². The van der Waals surface area contributed by atoms with Gasteiger partial charge >= 0.3 is 0 Å². The number of hydrogen-bond donors (Lipinski definition) is 0. The van der Waals surface area contributed by atoms with Crippen LogP contribution in [0.25, 0.3) is 5.69 Å². The number of halogens is 1. The van der Waals surface area contributed by atoms with Crippen molar-refractivity contribution in [2.24, 2.45) is 0 Å². The molecule has 0 saturated carbocycles. The van der Waals surface area contributed by atoms with Crippen LogP contribution in [0.15, 0.2) is 53.7 Å². The van der Waals surface area contributed by atoms with Crippen LogP contribution in [0.1, 0.15) is 12.5 Å². The van der Waals surface area contributed by atoms with Crippen LogP contribution >= 0.6 is 23.4 Å². The molecule has 0 N–H and O–H groups in total. The molecule has 3 rings (SSSR count). The first-order valence-electron chi connectivity index (χ1n) is 7.15. The van der Waals surface area contributed by atoms with Crippen molar-refractivity contribution in [3.8, 4) is 11.4 Å². The fourth-order valence-electron chi connectivity index (χ4n) is 2.06. The first kappa shape index (κ1) is 15.8. The molecule has 0 unspecified atom stereocenters. The highest BCUT2D eigenvalue weighted by molar-refractivity contribution is 7.98. The second kappa shape index (κ2) is 7.48. The number of tetrazole rings is 1. The average Bonchev–Trinajstić information content (AvgIpc) is 3.03. The number of rotatable bonds is 6. The zero-order valence-electron chi connectivity index (χ0n) is 12.5. The molecule has 0 aliphatic heterocycles. The van der Waals surface area contributed by atoms with Gasteiger partial charge in [0, 0.05) is 10.8 Å². The molecule has 2 aromatic carbocycles. The molecule has 5 nitrogen and oxygen atoms in total. The molecule has 0 saturated heterocycles. The van der Waals surface area contributed by atoms with Crippen LogP contribution < -0.4 is 4.74 Å². The number of nitrogens with zero attached hydrogens (tertiary/aromatic N) is 4. The maximum absolute atomic E-state index is 5.91. The van der Waals surface area contributed by atoms with Crippen molar-refractivity contribution >= 4 is 23.4 Å². The predicted molar refractivity (Wildman–Crippen MR) is 91.3 cm³/mol. The Balaban J connectivity index is 1.81. The van der Waals surface area contributed by atoms with E-state index in [9.17, 15) is 0 Å². The van der Waals surface area contributed by atoms with Crippen LogP contribution in [0.2, 0.25) is 5.02 Å². The summed E-state index contributed by atoms with van der Waals surface area (Å²) in [6.07, 6.45) is 0. The average molecular weight is 347 g/mol. The number of benzene rings is 2. The SMILES string of the molecule is CCOc1ccccc1-n1nnnc1SCc1ccc(Cl)cc1. The van der Waals surface area contributed by atoms with Gasteiger partial charge in [-0.1, -0.05) is 47.6 Å². The summed E-state index contributed by atoms with van der Waals surface area (Å²) in [6.45, 7) is 2.54. The Morgan fingerprint density at radius 2 is 1.91 bits per heavy atom. The maximum Gasteiger partial charge on any atom is 0.214 e. The van der Waals surface area contributed by atoms with Gasteiger partial charge in [-0.2, -0.15) is 4.68 Å². The van der Waals surface area contributed by atoms with E-state index in [2.05, 4.69) is 15.5 Å². The quantitative estimate of drug-likeness (QED) is 0.631. The molecule has 1 aromatic heterocycles. The van der Waals surface area contributed by atoms with Crippen LogP contribution in [-0.2, 0) is 5.75 Å². The summed E-state index contributed by atoms with van der Waals surface area (Å²) in [5, 5.41) is 13.4. The lowest BCUT2D eigenvalue weighted by Gasteiger charge is -2.10. The summed E-state index contributed by atoms with van der Waals surface area (Å²) in [4.78, 5) is 0. The number of hydrogen-bond acceptors (Lipinski definition) is 5. The molecule has 118 valence electrons. The highest BCUT2D eigenvalue weighted by Crippen LogP contribution is 2.27. The van der Waals surface area contributed by atoms with Crippen LogP contribution in [0.5, 0.6) is 5.75 Å². The van der Waals surface area contributed by atoms with Crippen LogP contribution in [0.3, 0.4) is 0 Å². The van der Waals surface area contributed by atoms with Gasteiger partial charge in [0.2, 0.25) is 5.16 Å². The molecule has 23 heavy (non-hydrogen) atoms. The topological polar surface area (TPSA) is 52.8 Å². The monoisotopic (exact) mass is 346 g/mol. The lowest BCUT2D eigenvalue weighted by atomic mass is 10.2. The highest BCUT2D eigenvalue weighted by atomic mass is 35.5. The fraction of sp³-hybridized carbons (Fsp3) is 0.188. The molecular weight excluding hydrogens is 332 g/mol. The number of ether oxygens (including phenoxy) is 1. The minimum absolute atomic E-state index is 0.590. The summed E-state index contributed by atoms with van der Waals surface area (Å²) < 4.78 is 7.35. The Kier molecular flexibility index (Phi) is 5.15. The van der Waals surface area contributed by atoms with Gasteiger partial charge in [0.1, 0.15) is 11.4 Å². The molecule has 0 amide bonds. The van der Waals surface area contributed by atoms with Gasteiger partial charge in [-0.05, 0) is 47.2 Å². The van der Waals surface area contributed by atoms with E-state index in [1.54, 1.807) is 16.4 Å². The summed E-state index contributed by atoms with van der Waals surface area (Å²) in [5.74, 6) is 1.52.